The molecule has 0 amide bonds. The molecule has 6 nitrogen and oxygen atoms in total. The van der Waals surface area contributed by atoms with Gasteiger partial charge in [-0.3, -0.25) is 9.59 Å². The van der Waals surface area contributed by atoms with Crippen molar-refractivity contribution in [1.29, 1.82) is 5.26 Å². The van der Waals surface area contributed by atoms with Crippen LogP contribution in [0.1, 0.15) is 25.8 Å². The maximum absolute atomic E-state index is 9.87. The summed E-state index contributed by atoms with van der Waals surface area (Å²) in [5, 5.41) is 16.5. The Kier molecular flexibility index (Phi) is 7.38. The molecule has 0 radical (unpaired) electrons. The fourth-order valence-corrected chi connectivity index (χ4v) is 1.10. The van der Waals surface area contributed by atoms with E-state index in [0.717, 1.165) is 0 Å². The smallest absolute Gasteiger partial charge is 0.310 e. The number of aliphatic carboxylic acids is 1. The monoisotopic (exact) mass is 264 g/mol. The van der Waals surface area contributed by atoms with Gasteiger partial charge < -0.3 is 15.6 Å². The molecule has 0 saturated heterocycles. The van der Waals surface area contributed by atoms with Crippen LogP contribution >= 0.6 is 0 Å². The average Bonchev–Trinajstić information content (AvgIpc) is 2.31. The third kappa shape index (κ3) is 7.39. The third-order valence-electron chi connectivity index (χ3n) is 1.86. The van der Waals surface area contributed by atoms with E-state index < -0.39 is 5.97 Å². The van der Waals surface area contributed by atoms with Crippen molar-refractivity contribution in [2.24, 2.45) is 0 Å². The Balaban J connectivity index is 0.000000399. The van der Waals surface area contributed by atoms with Crippen molar-refractivity contribution in [2.45, 2.75) is 20.3 Å². The van der Waals surface area contributed by atoms with E-state index in [2.05, 4.69) is 0 Å². The lowest BCUT2D eigenvalue weighted by Crippen LogP contribution is -2.00. The van der Waals surface area contributed by atoms with E-state index in [9.17, 15) is 9.59 Å². The number of ether oxygens (including phenoxy) is 1. The Morgan fingerprint density at radius 1 is 1.47 bits per heavy atom. The van der Waals surface area contributed by atoms with E-state index in [4.69, 9.17) is 20.8 Å². The summed E-state index contributed by atoms with van der Waals surface area (Å²) < 4.78 is 5.20. The highest BCUT2D eigenvalue weighted by Gasteiger charge is 1.99. The maximum Gasteiger partial charge on any atom is 0.310 e. The van der Waals surface area contributed by atoms with Gasteiger partial charge in [-0.05, 0) is 32.0 Å². The Labute approximate surface area is 111 Å². The molecule has 0 fully saturated rings. The standard InChI is InChI=1S/C9H10N2O.C4H6O3/c1-2-12-8-3-4-9(11)7(5-8)6-10;1-3(5)2-4(6)7/h3-5H,2,11H2,1H3;2H2,1H3,(H,6,7). The second-order valence-corrected chi connectivity index (χ2v) is 3.57. The first-order chi connectivity index (χ1) is 8.90. The zero-order valence-electron chi connectivity index (χ0n) is 10.8. The number of carbonyl (C=O) groups is 2. The summed E-state index contributed by atoms with van der Waals surface area (Å²) in [5.41, 5.74) is 6.46. The molecule has 3 N–H and O–H groups in total. The van der Waals surface area contributed by atoms with Gasteiger partial charge in [0.1, 0.15) is 24.0 Å². The lowest BCUT2D eigenvalue weighted by Gasteiger charge is -2.03. The molecule has 1 aromatic rings. The first-order valence-corrected chi connectivity index (χ1v) is 5.54. The van der Waals surface area contributed by atoms with Crippen molar-refractivity contribution in [2.75, 3.05) is 12.3 Å². The molecule has 0 saturated carbocycles. The summed E-state index contributed by atoms with van der Waals surface area (Å²) in [7, 11) is 0. The Morgan fingerprint density at radius 2 is 2.11 bits per heavy atom. The molecule has 0 atom stereocenters. The number of hydrogen-bond donors (Lipinski definition) is 2. The minimum Gasteiger partial charge on any atom is -0.494 e. The highest BCUT2D eigenvalue weighted by molar-refractivity contribution is 5.93. The van der Waals surface area contributed by atoms with Crippen LogP contribution in [-0.2, 0) is 9.59 Å². The van der Waals surface area contributed by atoms with E-state index in [0.29, 0.717) is 23.6 Å². The molecule has 0 aliphatic heterocycles. The molecule has 1 aromatic carbocycles. The first kappa shape index (κ1) is 16.4. The number of carbonyl (C=O) groups excluding carboxylic acids is 1. The number of Topliss-reactive ketones (excluding diaryl/α,β-unsaturated/α-hetero) is 1. The SMILES string of the molecule is CC(=O)CC(=O)O.CCOc1ccc(N)c(C#N)c1. The highest BCUT2D eigenvalue weighted by Crippen LogP contribution is 2.18. The van der Waals surface area contributed by atoms with Crippen LogP contribution in [0.2, 0.25) is 0 Å². The molecule has 0 bridgehead atoms. The summed E-state index contributed by atoms with van der Waals surface area (Å²) in [6.07, 6.45) is -0.361. The van der Waals surface area contributed by atoms with Crippen LogP contribution in [0.3, 0.4) is 0 Å². The fourth-order valence-electron chi connectivity index (χ4n) is 1.10. The average molecular weight is 264 g/mol. The predicted octanol–water partition coefficient (Wildman–Crippen LogP) is 1.59. The zero-order chi connectivity index (χ0) is 14.8. The number of ketones is 1. The normalized spacial score (nSPS) is 8.68. The van der Waals surface area contributed by atoms with E-state index in [1.54, 1.807) is 18.2 Å². The molecule has 0 aliphatic carbocycles. The predicted molar refractivity (Wildman–Crippen MR) is 69.7 cm³/mol. The summed E-state index contributed by atoms with van der Waals surface area (Å²) in [6.45, 7) is 3.73. The summed E-state index contributed by atoms with van der Waals surface area (Å²) in [4.78, 5) is 19.5. The van der Waals surface area contributed by atoms with Gasteiger partial charge in [0.2, 0.25) is 0 Å². The fraction of sp³-hybridized carbons (Fsp3) is 0.308. The second-order valence-electron chi connectivity index (χ2n) is 3.57. The summed E-state index contributed by atoms with van der Waals surface area (Å²) in [6, 6.07) is 7.05. The quantitative estimate of drug-likeness (QED) is 0.630. The van der Waals surface area contributed by atoms with E-state index in [1.807, 2.05) is 13.0 Å². The van der Waals surface area contributed by atoms with Gasteiger partial charge >= 0.3 is 5.97 Å². The molecule has 19 heavy (non-hydrogen) atoms. The zero-order valence-corrected chi connectivity index (χ0v) is 10.8. The van der Waals surface area contributed by atoms with Crippen molar-refractivity contribution in [1.82, 2.24) is 0 Å². The second kappa shape index (κ2) is 8.53. The van der Waals surface area contributed by atoms with Crippen molar-refractivity contribution in [3.8, 4) is 11.8 Å². The lowest BCUT2D eigenvalue weighted by molar-refractivity contribution is -0.139. The third-order valence-corrected chi connectivity index (χ3v) is 1.86. The minimum atomic E-state index is -1.06. The number of benzene rings is 1. The van der Waals surface area contributed by atoms with Crippen LogP contribution in [-0.4, -0.2) is 23.5 Å². The molecule has 0 aliphatic rings. The molecular formula is C13H16N2O4. The Hall–Kier alpha value is -2.55. The minimum absolute atomic E-state index is 0.312. The van der Waals surface area contributed by atoms with Gasteiger partial charge in [-0.25, -0.2) is 0 Å². The maximum atomic E-state index is 9.87. The number of rotatable bonds is 4. The van der Waals surface area contributed by atoms with E-state index >= 15 is 0 Å². The highest BCUT2D eigenvalue weighted by atomic mass is 16.5. The van der Waals surface area contributed by atoms with E-state index in [-0.39, 0.29) is 12.2 Å². The summed E-state index contributed by atoms with van der Waals surface area (Å²) >= 11 is 0. The molecule has 0 spiro atoms. The van der Waals surface area contributed by atoms with Gasteiger partial charge in [-0.1, -0.05) is 0 Å². The van der Waals surface area contributed by atoms with Crippen LogP contribution < -0.4 is 10.5 Å². The van der Waals surface area contributed by atoms with Crippen LogP contribution in [0.25, 0.3) is 0 Å². The van der Waals surface area contributed by atoms with Crippen LogP contribution in [0.5, 0.6) is 5.75 Å². The molecule has 6 heteroatoms. The van der Waals surface area contributed by atoms with Gasteiger partial charge in [-0.2, -0.15) is 5.26 Å². The Morgan fingerprint density at radius 3 is 2.47 bits per heavy atom. The van der Waals surface area contributed by atoms with Crippen molar-refractivity contribution in [3.05, 3.63) is 23.8 Å². The molecule has 0 heterocycles. The van der Waals surface area contributed by atoms with Gasteiger partial charge in [0.05, 0.1) is 12.2 Å². The van der Waals surface area contributed by atoms with Crippen LogP contribution in [0.4, 0.5) is 5.69 Å². The van der Waals surface area contributed by atoms with Gasteiger partial charge in [-0.15, -0.1) is 0 Å². The topological polar surface area (TPSA) is 113 Å². The van der Waals surface area contributed by atoms with Crippen molar-refractivity contribution >= 4 is 17.4 Å². The number of anilines is 1. The van der Waals surface area contributed by atoms with Crippen molar-refractivity contribution in [3.63, 3.8) is 0 Å². The van der Waals surface area contributed by atoms with Gasteiger partial charge in [0, 0.05) is 5.69 Å². The molecular weight excluding hydrogens is 248 g/mol. The number of carboxylic acids is 1. The van der Waals surface area contributed by atoms with Crippen molar-refractivity contribution < 1.29 is 19.4 Å². The van der Waals surface area contributed by atoms with Crippen LogP contribution in [0.15, 0.2) is 18.2 Å². The summed E-state index contributed by atoms with van der Waals surface area (Å²) in [5.74, 6) is -0.691. The Bertz CT molecular complexity index is 480. The number of nitrogens with two attached hydrogens (primary N) is 1. The molecule has 102 valence electrons. The molecule has 0 aromatic heterocycles. The van der Waals surface area contributed by atoms with Gasteiger partial charge in [0.15, 0.2) is 0 Å². The van der Waals surface area contributed by atoms with Gasteiger partial charge in [0.25, 0.3) is 0 Å². The van der Waals surface area contributed by atoms with E-state index in [1.165, 1.54) is 6.92 Å². The lowest BCUT2D eigenvalue weighted by atomic mass is 10.2. The molecule has 0 unspecified atom stereocenters. The first-order valence-electron chi connectivity index (χ1n) is 5.54. The number of nitrogens with zero attached hydrogens (tertiary/aromatic N) is 1. The number of nitrogen functional groups attached to an aromatic ring is 1. The molecule has 1 rings (SSSR count). The number of nitriles is 1. The number of hydrogen-bond acceptors (Lipinski definition) is 5. The van der Waals surface area contributed by atoms with Crippen LogP contribution in [0, 0.1) is 11.3 Å². The number of carboxylic acid groups (broad SMARTS) is 1. The largest absolute Gasteiger partial charge is 0.494 e.